The first kappa shape index (κ1) is 23.1. The molecule has 0 amide bonds. The first-order chi connectivity index (χ1) is 16.4. The molecule has 5 aromatic rings. The summed E-state index contributed by atoms with van der Waals surface area (Å²) in [7, 11) is 0. The zero-order valence-corrected chi connectivity index (χ0v) is 21.7. The van der Waals surface area contributed by atoms with Gasteiger partial charge in [0.2, 0.25) is 0 Å². The van der Waals surface area contributed by atoms with Crippen LogP contribution in [0.5, 0.6) is 0 Å². The molecule has 0 saturated heterocycles. The lowest BCUT2D eigenvalue weighted by Gasteiger charge is -2.13. The molecule has 1 N–H and O–H groups in total. The minimum atomic E-state index is 0.165. The summed E-state index contributed by atoms with van der Waals surface area (Å²) < 4.78 is 4.76. The highest BCUT2D eigenvalue weighted by Crippen LogP contribution is 2.36. The second-order valence-corrected chi connectivity index (χ2v) is 10.4. The number of hydrogen-bond acceptors (Lipinski definition) is 7. The Kier molecular flexibility index (Phi) is 6.24. The minimum Gasteiger partial charge on any atom is -0.411 e. The van der Waals surface area contributed by atoms with Gasteiger partial charge in [0.05, 0.1) is 32.8 Å². The SMILES string of the molecule is CC(C)n1cnnc1Sc1nc2cc(Cl)c(Cl)cc2nc1-n1cc(/C=N/O)c2ccc(Br)cc21. The van der Waals surface area contributed by atoms with Crippen LogP contribution >= 0.6 is 50.9 Å². The van der Waals surface area contributed by atoms with E-state index in [1.54, 1.807) is 18.5 Å². The third-order valence-corrected chi connectivity index (χ3v) is 7.32. The van der Waals surface area contributed by atoms with Crippen LogP contribution in [0.1, 0.15) is 25.5 Å². The number of benzene rings is 2. The van der Waals surface area contributed by atoms with Crippen LogP contribution in [-0.2, 0) is 0 Å². The lowest BCUT2D eigenvalue weighted by molar-refractivity contribution is 0.322. The van der Waals surface area contributed by atoms with Crippen molar-refractivity contribution in [2.24, 2.45) is 5.16 Å². The molecule has 3 aromatic heterocycles. The quantitative estimate of drug-likeness (QED) is 0.141. The van der Waals surface area contributed by atoms with Crippen molar-refractivity contribution in [3.8, 4) is 5.82 Å². The molecule has 8 nitrogen and oxygen atoms in total. The van der Waals surface area contributed by atoms with E-state index in [4.69, 9.17) is 33.2 Å². The van der Waals surface area contributed by atoms with Gasteiger partial charge in [-0.25, -0.2) is 9.97 Å². The Labute approximate surface area is 216 Å². The summed E-state index contributed by atoms with van der Waals surface area (Å²) in [5.74, 6) is 0.565. The third kappa shape index (κ3) is 4.15. The van der Waals surface area contributed by atoms with Gasteiger partial charge in [0, 0.05) is 27.7 Å². The molecule has 0 fully saturated rings. The Bertz CT molecular complexity index is 1580. The summed E-state index contributed by atoms with van der Waals surface area (Å²) in [5.41, 5.74) is 2.77. The Morgan fingerprint density at radius 2 is 1.85 bits per heavy atom. The number of oxime groups is 1. The maximum atomic E-state index is 9.19. The van der Waals surface area contributed by atoms with E-state index < -0.39 is 0 Å². The van der Waals surface area contributed by atoms with E-state index in [1.807, 2.05) is 33.5 Å². The maximum absolute atomic E-state index is 9.19. The summed E-state index contributed by atoms with van der Waals surface area (Å²) in [4.78, 5) is 9.79. The number of nitrogens with zero attached hydrogens (tertiary/aromatic N) is 7. The van der Waals surface area contributed by atoms with Gasteiger partial charge in [-0.1, -0.05) is 50.4 Å². The molecular weight excluding hydrogens is 561 g/mol. The molecule has 0 aliphatic carbocycles. The smallest absolute Gasteiger partial charge is 0.197 e. The van der Waals surface area contributed by atoms with Crippen LogP contribution in [0.2, 0.25) is 10.0 Å². The lowest BCUT2D eigenvalue weighted by atomic mass is 10.2. The fraction of sp³-hybridized carbons (Fsp3) is 0.136. The molecular formula is C22H16BrCl2N7OS. The summed E-state index contributed by atoms with van der Waals surface area (Å²) >= 11 is 17.4. The second-order valence-electron chi connectivity index (χ2n) is 7.68. The molecule has 0 bridgehead atoms. The first-order valence-electron chi connectivity index (χ1n) is 10.1. The molecule has 0 aliphatic heterocycles. The zero-order valence-electron chi connectivity index (χ0n) is 17.8. The molecule has 34 heavy (non-hydrogen) atoms. The fourth-order valence-corrected chi connectivity index (χ4v) is 5.23. The van der Waals surface area contributed by atoms with Crippen LogP contribution in [0.4, 0.5) is 0 Å². The van der Waals surface area contributed by atoms with Crippen molar-refractivity contribution in [3.05, 3.63) is 62.9 Å². The van der Waals surface area contributed by atoms with Gasteiger partial charge in [-0.15, -0.1) is 10.2 Å². The van der Waals surface area contributed by atoms with Crippen LogP contribution in [-0.4, -0.2) is 40.7 Å². The van der Waals surface area contributed by atoms with Gasteiger partial charge in [-0.3, -0.25) is 4.57 Å². The summed E-state index contributed by atoms with van der Waals surface area (Å²) in [6, 6.07) is 9.39. The molecule has 12 heteroatoms. The number of fused-ring (bicyclic) bond motifs is 2. The number of rotatable bonds is 5. The summed E-state index contributed by atoms with van der Waals surface area (Å²) in [5, 5.41) is 23.7. The van der Waals surface area contributed by atoms with Gasteiger partial charge in [0.25, 0.3) is 0 Å². The molecule has 0 atom stereocenters. The Morgan fingerprint density at radius 3 is 2.56 bits per heavy atom. The van der Waals surface area contributed by atoms with Crippen LogP contribution < -0.4 is 0 Å². The number of aromatic nitrogens is 6. The highest BCUT2D eigenvalue weighted by molar-refractivity contribution is 9.10. The van der Waals surface area contributed by atoms with Gasteiger partial charge in [-0.05, 0) is 49.9 Å². The molecule has 5 rings (SSSR count). The van der Waals surface area contributed by atoms with Gasteiger partial charge in [-0.2, -0.15) is 0 Å². The lowest BCUT2D eigenvalue weighted by Crippen LogP contribution is -2.05. The van der Waals surface area contributed by atoms with Crippen LogP contribution in [0.15, 0.2) is 62.7 Å². The predicted molar refractivity (Wildman–Crippen MR) is 138 cm³/mol. The van der Waals surface area contributed by atoms with Crippen LogP contribution in [0.3, 0.4) is 0 Å². The molecule has 0 spiro atoms. The van der Waals surface area contributed by atoms with E-state index in [-0.39, 0.29) is 6.04 Å². The number of halogens is 3. The maximum Gasteiger partial charge on any atom is 0.197 e. The average Bonchev–Trinajstić information content (AvgIpc) is 3.39. The highest BCUT2D eigenvalue weighted by Gasteiger charge is 2.20. The summed E-state index contributed by atoms with van der Waals surface area (Å²) in [6.45, 7) is 4.11. The van der Waals surface area contributed by atoms with E-state index in [1.165, 1.54) is 18.0 Å². The van der Waals surface area contributed by atoms with Crippen molar-refractivity contribution in [1.82, 2.24) is 29.3 Å². The van der Waals surface area contributed by atoms with Crippen molar-refractivity contribution in [2.75, 3.05) is 0 Å². The van der Waals surface area contributed by atoms with Crippen LogP contribution in [0.25, 0.3) is 27.8 Å². The third-order valence-electron chi connectivity index (χ3n) is 5.17. The van der Waals surface area contributed by atoms with E-state index >= 15 is 0 Å². The van der Waals surface area contributed by atoms with Crippen molar-refractivity contribution in [3.63, 3.8) is 0 Å². The molecule has 0 aliphatic rings. The fourth-order valence-electron chi connectivity index (χ4n) is 3.56. The van der Waals surface area contributed by atoms with E-state index in [0.717, 1.165) is 20.9 Å². The largest absolute Gasteiger partial charge is 0.411 e. The van der Waals surface area contributed by atoms with E-state index in [9.17, 15) is 5.21 Å². The monoisotopic (exact) mass is 575 g/mol. The number of hydrogen-bond donors (Lipinski definition) is 1. The van der Waals surface area contributed by atoms with Gasteiger partial charge in [0.15, 0.2) is 11.0 Å². The Morgan fingerprint density at radius 1 is 1.12 bits per heavy atom. The van der Waals surface area contributed by atoms with Crippen molar-refractivity contribution < 1.29 is 5.21 Å². The highest BCUT2D eigenvalue weighted by atomic mass is 79.9. The van der Waals surface area contributed by atoms with Gasteiger partial charge in [0.1, 0.15) is 11.4 Å². The van der Waals surface area contributed by atoms with E-state index in [0.29, 0.717) is 37.1 Å². The standard InChI is InChI=1S/C22H16BrCl2N7OS/c1-11(2)32-10-26-30-22(32)34-21-20(28-17-6-15(24)16(25)7-18(17)29-21)31-9-12(8-27-33)14-4-3-13(23)5-19(14)31/h3-11,33H,1-2H3/b27-8+. The molecule has 0 radical (unpaired) electrons. The Balaban J connectivity index is 1.80. The molecule has 172 valence electrons. The van der Waals surface area contributed by atoms with Gasteiger partial charge >= 0.3 is 0 Å². The Hall–Kier alpha value is -2.66. The normalized spacial score (nSPS) is 12.1. The average molecular weight is 577 g/mol. The molecule has 2 aromatic carbocycles. The molecule has 0 saturated carbocycles. The van der Waals surface area contributed by atoms with Crippen molar-refractivity contribution in [2.45, 2.75) is 30.1 Å². The molecule has 3 heterocycles. The predicted octanol–water partition coefficient (Wildman–Crippen LogP) is 6.77. The zero-order chi connectivity index (χ0) is 24.0. The second kappa shape index (κ2) is 9.18. The van der Waals surface area contributed by atoms with Crippen molar-refractivity contribution in [1.29, 1.82) is 0 Å². The molecule has 0 unspecified atom stereocenters. The first-order valence-corrected chi connectivity index (χ1v) is 12.4. The van der Waals surface area contributed by atoms with E-state index in [2.05, 4.69) is 45.1 Å². The summed E-state index contributed by atoms with van der Waals surface area (Å²) in [6.07, 6.45) is 4.93. The van der Waals surface area contributed by atoms with Crippen LogP contribution in [0, 0.1) is 0 Å². The topological polar surface area (TPSA) is 94.0 Å². The van der Waals surface area contributed by atoms with Gasteiger partial charge < -0.3 is 9.77 Å². The van der Waals surface area contributed by atoms with Crippen molar-refractivity contribution >= 4 is 79.0 Å². The minimum absolute atomic E-state index is 0.165.